The fourth-order valence-corrected chi connectivity index (χ4v) is 2.81. The number of nitrogens with zero attached hydrogens (tertiary/aromatic N) is 2. The Morgan fingerprint density at radius 1 is 1.61 bits per heavy atom. The fourth-order valence-electron chi connectivity index (χ4n) is 1.81. The van der Waals surface area contributed by atoms with E-state index in [1.807, 2.05) is 12.1 Å². The van der Waals surface area contributed by atoms with Gasteiger partial charge in [0, 0.05) is 24.1 Å². The molecule has 0 saturated carbocycles. The second-order valence-electron chi connectivity index (χ2n) is 4.21. The van der Waals surface area contributed by atoms with Gasteiger partial charge in [-0.3, -0.25) is 4.99 Å². The van der Waals surface area contributed by atoms with Crippen LogP contribution in [0, 0.1) is 0 Å². The Labute approximate surface area is 112 Å². The van der Waals surface area contributed by atoms with Crippen LogP contribution >= 0.6 is 11.8 Å². The smallest absolute Gasteiger partial charge is 0.213 e. The highest BCUT2D eigenvalue weighted by molar-refractivity contribution is 8.13. The van der Waals surface area contributed by atoms with Crippen molar-refractivity contribution in [2.24, 2.45) is 4.99 Å². The van der Waals surface area contributed by atoms with E-state index in [0.29, 0.717) is 18.5 Å². The Morgan fingerprint density at radius 2 is 2.50 bits per heavy atom. The van der Waals surface area contributed by atoms with Crippen LogP contribution in [0.3, 0.4) is 0 Å². The molecule has 0 radical (unpaired) electrons. The number of methoxy groups -OCH3 is 1. The highest BCUT2D eigenvalue weighted by atomic mass is 32.2. The Kier molecular flexibility index (Phi) is 4.87. The van der Waals surface area contributed by atoms with E-state index < -0.39 is 0 Å². The van der Waals surface area contributed by atoms with E-state index in [9.17, 15) is 0 Å². The zero-order chi connectivity index (χ0) is 12.8. The molecule has 2 rings (SSSR count). The normalized spacial score (nSPS) is 21.7. The summed E-state index contributed by atoms with van der Waals surface area (Å²) in [7, 11) is 1.63. The van der Waals surface area contributed by atoms with Gasteiger partial charge in [-0.15, -0.1) is 0 Å². The van der Waals surface area contributed by atoms with E-state index in [2.05, 4.69) is 22.2 Å². The number of amidine groups is 1. The van der Waals surface area contributed by atoms with Crippen molar-refractivity contribution >= 4 is 16.9 Å². The summed E-state index contributed by atoms with van der Waals surface area (Å²) in [4.78, 5) is 8.70. The average Bonchev–Trinajstić information content (AvgIpc) is 2.45. The summed E-state index contributed by atoms with van der Waals surface area (Å²) >= 11 is 1.80. The Bertz CT molecular complexity index is 422. The maximum Gasteiger partial charge on any atom is 0.213 e. The van der Waals surface area contributed by atoms with Gasteiger partial charge in [-0.05, 0) is 24.5 Å². The van der Waals surface area contributed by atoms with Crippen LogP contribution in [0.1, 0.15) is 25.3 Å². The lowest BCUT2D eigenvalue weighted by Crippen LogP contribution is -2.37. The predicted molar refractivity (Wildman–Crippen MR) is 76.2 cm³/mol. The lowest BCUT2D eigenvalue weighted by Gasteiger charge is -2.24. The van der Waals surface area contributed by atoms with Crippen LogP contribution in [-0.4, -0.2) is 29.1 Å². The molecule has 1 aromatic heterocycles. The van der Waals surface area contributed by atoms with E-state index in [1.54, 1.807) is 25.1 Å². The van der Waals surface area contributed by atoms with Gasteiger partial charge in [-0.1, -0.05) is 18.7 Å². The summed E-state index contributed by atoms with van der Waals surface area (Å²) in [5.74, 6) is 1.80. The van der Waals surface area contributed by atoms with Gasteiger partial charge in [0.25, 0.3) is 0 Å². The number of hydrogen-bond donors (Lipinski definition) is 1. The Hall–Kier alpha value is -1.23. The Morgan fingerprint density at radius 3 is 3.28 bits per heavy atom. The van der Waals surface area contributed by atoms with Gasteiger partial charge in [0.2, 0.25) is 5.88 Å². The van der Waals surface area contributed by atoms with Crippen LogP contribution in [0.25, 0.3) is 0 Å². The van der Waals surface area contributed by atoms with Crippen LogP contribution in [0.2, 0.25) is 0 Å². The first kappa shape index (κ1) is 13.2. The number of aliphatic imine (C=N–C) groups is 1. The lowest BCUT2D eigenvalue weighted by molar-refractivity contribution is 0.397. The zero-order valence-electron chi connectivity index (χ0n) is 10.8. The third-order valence-electron chi connectivity index (χ3n) is 2.94. The monoisotopic (exact) mass is 265 g/mol. The molecule has 1 fully saturated rings. The van der Waals surface area contributed by atoms with Crippen LogP contribution < -0.4 is 10.1 Å². The average molecular weight is 265 g/mol. The maximum atomic E-state index is 5.10. The molecule has 1 N–H and O–H groups in total. The molecule has 98 valence electrons. The third-order valence-corrected chi connectivity index (χ3v) is 3.90. The third kappa shape index (κ3) is 3.63. The molecule has 1 saturated heterocycles. The number of rotatable bonds is 4. The topological polar surface area (TPSA) is 46.5 Å². The van der Waals surface area contributed by atoms with E-state index in [0.717, 1.165) is 22.9 Å². The molecule has 18 heavy (non-hydrogen) atoms. The molecular weight excluding hydrogens is 246 g/mol. The standard InChI is InChI=1S/C13H19N3OS/c1-3-11-5-7-18-13(16-11)15-9-10-4-6-14-12(8-10)17-2/h4,6,8,11H,3,5,7,9H2,1-2H3,(H,15,16). The lowest BCUT2D eigenvalue weighted by atomic mass is 10.2. The number of aromatic nitrogens is 1. The van der Waals surface area contributed by atoms with Crippen molar-refractivity contribution in [2.45, 2.75) is 32.4 Å². The van der Waals surface area contributed by atoms with Crippen LogP contribution in [0.5, 0.6) is 5.88 Å². The molecule has 0 amide bonds. The molecule has 0 aliphatic carbocycles. The van der Waals surface area contributed by atoms with Gasteiger partial charge in [0.1, 0.15) is 0 Å². The number of nitrogens with one attached hydrogen (secondary N) is 1. The molecule has 1 atom stereocenters. The van der Waals surface area contributed by atoms with E-state index in [-0.39, 0.29) is 0 Å². The molecule has 1 aromatic rings. The van der Waals surface area contributed by atoms with Gasteiger partial charge in [0.15, 0.2) is 5.17 Å². The SMILES string of the molecule is CCC1CCSC(=NCc2ccnc(OC)c2)N1. The number of ether oxygens (including phenoxy) is 1. The van der Waals surface area contributed by atoms with Crippen molar-refractivity contribution in [3.05, 3.63) is 23.9 Å². The molecule has 1 aliphatic heterocycles. The number of hydrogen-bond acceptors (Lipinski definition) is 4. The second kappa shape index (κ2) is 6.64. The molecular formula is C13H19N3OS. The van der Waals surface area contributed by atoms with Crippen molar-refractivity contribution in [1.29, 1.82) is 0 Å². The molecule has 5 heteroatoms. The highest BCUT2D eigenvalue weighted by Crippen LogP contribution is 2.17. The van der Waals surface area contributed by atoms with Crippen LogP contribution in [0.4, 0.5) is 0 Å². The summed E-state index contributed by atoms with van der Waals surface area (Å²) in [6, 6.07) is 4.48. The van der Waals surface area contributed by atoms with Gasteiger partial charge < -0.3 is 10.1 Å². The Balaban J connectivity index is 1.96. The molecule has 0 spiro atoms. The minimum atomic E-state index is 0.581. The number of pyridine rings is 1. The highest BCUT2D eigenvalue weighted by Gasteiger charge is 2.15. The first-order valence-corrected chi connectivity index (χ1v) is 7.23. The molecule has 0 aromatic carbocycles. The van der Waals surface area contributed by atoms with Crippen molar-refractivity contribution in [1.82, 2.24) is 10.3 Å². The van der Waals surface area contributed by atoms with Crippen LogP contribution in [0.15, 0.2) is 23.3 Å². The minimum Gasteiger partial charge on any atom is -0.481 e. The van der Waals surface area contributed by atoms with E-state index in [1.165, 1.54) is 6.42 Å². The summed E-state index contributed by atoms with van der Waals surface area (Å²) in [6.07, 6.45) is 4.14. The molecule has 0 bridgehead atoms. The second-order valence-corrected chi connectivity index (χ2v) is 5.30. The van der Waals surface area contributed by atoms with Gasteiger partial charge >= 0.3 is 0 Å². The van der Waals surface area contributed by atoms with Crippen LogP contribution in [-0.2, 0) is 6.54 Å². The van der Waals surface area contributed by atoms with Crippen molar-refractivity contribution < 1.29 is 4.74 Å². The van der Waals surface area contributed by atoms with Crippen molar-refractivity contribution in [3.8, 4) is 5.88 Å². The maximum absolute atomic E-state index is 5.10. The van der Waals surface area contributed by atoms with Gasteiger partial charge in [0.05, 0.1) is 13.7 Å². The van der Waals surface area contributed by atoms with E-state index >= 15 is 0 Å². The van der Waals surface area contributed by atoms with Crippen molar-refractivity contribution in [3.63, 3.8) is 0 Å². The zero-order valence-corrected chi connectivity index (χ0v) is 11.7. The predicted octanol–water partition coefficient (Wildman–Crippen LogP) is 2.45. The first-order chi connectivity index (χ1) is 8.81. The summed E-state index contributed by atoms with van der Waals surface area (Å²) in [6.45, 7) is 2.88. The number of thioether (sulfide) groups is 1. The molecule has 1 unspecified atom stereocenters. The summed E-state index contributed by atoms with van der Waals surface area (Å²) < 4.78 is 5.10. The van der Waals surface area contributed by atoms with Crippen molar-refractivity contribution in [2.75, 3.05) is 12.9 Å². The van der Waals surface area contributed by atoms with Gasteiger partial charge in [-0.25, -0.2) is 4.98 Å². The fraction of sp³-hybridized carbons (Fsp3) is 0.538. The minimum absolute atomic E-state index is 0.581. The quantitative estimate of drug-likeness (QED) is 0.908. The summed E-state index contributed by atoms with van der Waals surface area (Å²) in [5.41, 5.74) is 1.12. The van der Waals surface area contributed by atoms with E-state index in [4.69, 9.17) is 4.74 Å². The largest absolute Gasteiger partial charge is 0.481 e. The molecule has 4 nitrogen and oxygen atoms in total. The molecule has 1 aliphatic rings. The molecule has 2 heterocycles. The summed E-state index contributed by atoms with van der Waals surface area (Å²) in [5, 5.41) is 4.53. The first-order valence-electron chi connectivity index (χ1n) is 6.24. The van der Waals surface area contributed by atoms with Gasteiger partial charge in [-0.2, -0.15) is 0 Å².